The molecule has 3 nitrogen and oxygen atoms in total. The van der Waals surface area contributed by atoms with E-state index < -0.39 is 0 Å². The van der Waals surface area contributed by atoms with Crippen LogP contribution < -0.4 is 4.18 Å². The smallest absolute Gasteiger partial charge is 0.178 e. The largest absolute Gasteiger partial charge is 0.508 e. The lowest BCUT2D eigenvalue weighted by Gasteiger charge is -1.99. The summed E-state index contributed by atoms with van der Waals surface area (Å²) in [6, 6.07) is 3.98. The first-order chi connectivity index (χ1) is 4.74. The lowest BCUT2D eigenvalue weighted by Crippen LogP contribution is -1.75. The van der Waals surface area contributed by atoms with Gasteiger partial charge in [-0.2, -0.15) is 0 Å². The Morgan fingerprint density at radius 1 is 1.30 bits per heavy atom. The molecule has 0 heterocycles. The summed E-state index contributed by atoms with van der Waals surface area (Å²) in [6.45, 7) is 0. The summed E-state index contributed by atoms with van der Waals surface area (Å²) in [4.78, 5) is 0. The lowest BCUT2D eigenvalue weighted by molar-refractivity contribution is 0.435. The molecule has 4 heteroatoms. The van der Waals surface area contributed by atoms with Gasteiger partial charge in [-0.05, 0) is 12.1 Å². The van der Waals surface area contributed by atoms with Gasteiger partial charge in [0.15, 0.2) is 11.5 Å². The van der Waals surface area contributed by atoms with Crippen LogP contribution in [0.25, 0.3) is 0 Å². The van der Waals surface area contributed by atoms with E-state index in [9.17, 15) is 0 Å². The average molecular weight is 158 g/mol. The van der Waals surface area contributed by atoms with E-state index in [2.05, 4.69) is 17.1 Å². The van der Waals surface area contributed by atoms with Crippen molar-refractivity contribution in [3.63, 3.8) is 0 Å². The number of phenols is 2. The van der Waals surface area contributed by atoms with Gasteiger partial charge in [-0.25, -0.2) is 0 Å². The topological polar surface area (TPSA) is 49.7 Å². The number of hydrogen-bond donors (Lipinski definition) is 3. The van der Waals surface area contributed by atoms with Gasteiger partial charge in [-0.15, -0.1) is 0 Å². The van der Waals surface area contributed by atoms with E-state index >= 15 is 0 Å². The van der Waals surface area contributed by atoms with E-state index in [4.69, 9.17) is 10.2 Å². The molecule has 0 saturated carbocycles. The highest BCUT2D eigenvalue weighted by atomic mass is 32.1. The summed E-state index contributed by atoms with van der Waals surface area (Å²) in [6.07, 6.45) is 0. The summed E-state index contributed by atoms with van der Waals surface area (Å²) in [7, 11) is 0. The van der Waals surface area contributed by atoms with Crippen molar-refractivity contribution in [3.05, 3.63) is 18.2 Å². The van der Waals surface area contributed by atoms with Gasteiger partial charge in [0.05, 0.1) is 0 Å². The molecule has 0 spiro atoms. The standard InChI is InChI=1S/C6H6O3S/c7-4-1-2-6(9-10)5(8)3-4/h1-3,7-8,10H. The summed E-state index contributed by atoms with van der Waals surface area (Å²) >= 11 is 3.47. The molecule has 0 saturated heterocycles. The summed E-state index contributed by atoms with van der Waals surface area (Å²) in [5.41, 5.74) is 0. The van der Waals surface area contributed by atoms with Crippen molar-refractivity contribution in [2.75, 3.05) is 0 Å². The minimum atomic E-state index is -0.130. The van der Waals surface area contributed by atoms with Crippen molar-refractivity contribution in [1.82, 2.24) is 0 Å². The zero-order valence-electron chi connectivity index (χ0n) is 4.98. The average Bonchev–Trinajstić information content (AvgIpc) is 1.88. The Kier molecular flexibility index (Phi) is 1.91. The molecular formula is C6H6O3S. The van der Waals surface area contributed by atoms with Crippen molar-refractivity contribution < 1.29 is 14.4 Å². The van der Waals surface area contributed by atoms with Crippen LogP contribution in [0.3, 0.4) is 0 Å². The molecule has 54 valence electrons. The Balaban J connectivity index is 3.07. The van der Waals surface area contributed by atoms with Crippen LogP contribution >= 0.6 is 12.9 Å². The van der Waals surface area contributed by atoms with Gasteiger partial charge in [0.25, 0.3) is 0 Å². The highest BCUT2D eigenvalue weighted by Gasteiger charge is 2.00. The molecule has 1 rings (SSSR count). The second-order valence-electron chi connectivity index (χ2n) is 1.74. The number of hydrogen-bond acceptors (Lipinski definition) is 4. The van der Waals surface area contributed by atoms with Crippen molar-refractivity contribution in [3.8, 4) is 17.2 Å². The van der Waals surface area contributed by atoms with E-state index in [1.807, 2.05) is 0 Å². The molecule has 2 N–H and O–H groups in total. The van der Waals surface area contributed by atoms with Gasteiger partial charge in [-0.3, -0.25) is 0 Å². The maximum absolute atomic E-state index is 8.96. The molecular weight excluding hydrogens is 152 g/mol. The fraction of sp³-hybridized carbons (Fsp3) is 0. The molecule has 0 aliphatic rings. The van der Waals surface area contributed by atoms with Crippen LogP contribution in [-0.2, 0) is 0 Å². The van der Waals surface area contributed by atoms with E-state index in [0.717, 1.165) is 0 Å². The minimum absolute atomic E-state index is 0.00775. The first-order valence-electron chi connectivity index (χ1n) is 2.57. The minimum Gasteiger partial charge on any atom is -0.508 e. The fourth-order valence-electron chi connectivity index (χ4n) is 0.583. The van der Waals surface area contributed by atoms with Crippen LogP contribution in [0.5, 0.6) is 17.2 Å². The lowest BCUT2D eigenvalue weighted by atomic mass is 10.3. The first kappa shape index (κ1) is 7.08. The van der Waals surface area contributed by atoms with E-state index in [1.165, 1.54) is 18.2 Å². The summed E-state index contributed by atoms with van der Waals surface area (Å²) < 4.78 is 4.43. The predicted molar refractivity (Wildman–Crippen MR) is 39.4 cm³/mol. The molecule has 0 fully saturated rings. The molecule has 0 bridgehead atoms. The Morgan fingerprint density at radius 2 is 2.00 bits per heavy atom. The number of phenolic OH excluding ortho intramolecular Hbond substituents is 2. The third kappa shape index (κ3) is 1.27. The molecule has 0 unspecified atom stereocenters. The first-order valence-corrected chi connectivity index (χ1v) is 2.94. The SMILES string of the molecule is Oc1ccc(OS)c(O)c1. The summed E-state index contributed by atoms with van der Waals surface area (Å²) in [5, 5.41) is 17.7. The Labute approximate surface area is 63.5 Å². The predicted octanol–water partition coefficient (Wildman–Crippen LogP) is 1.32. The van der Waals surface area contributed by atoms with E-state index in [1.54, 1.807) is 0 Å². The zero-order valence-corrected chi connectivity index (χ0v) is 5.88. The maximum atomic E-state index is 8.96. The Morgan fingerprint density at radius 3 is 2.50 bits per heavy atom. The van der Waals surface area contributed by atoms with Gasteiger partial charge in [0, 0.05) is 19.0 Å². The van der Waals surface area contributed by atoms with Crippen molar-refractivity contribution >= 4 is 12.9 Å². The normalized spacial score (nSPS) is 9.30. The molecule has 10 heavy (non-hydrogen) atoms. The molecule has 0 amide bonds. The highest BCUT2D eigenvalue weighted by Crippen LogP contribution is 2.29. The third-order valence-corrected chi connectivity index (χ3v) is 1.24. The van der Waals surface area contributed by atoms with Crippen molar-refractivity contribution in [1.29, 1.82) is 0 Å². The van der Waals surface area contributed by atoms with Gasteiger partial charge in [0.1, 0.15) is 5.75 Å². The number of benzene rings is 1. The van der Waals surface area contributed by atoms with Crippen LogP contribution in [0.4, 0.5) is 0 Å². The van der Waals surface area contributed by atoms with Gasteiger partial charge >= 0.3 is 0 Å². The third-order valence-electron chi connectivity index (χ3n) is 1.04. The molecule has 0 aliphatic carbocycles. The maximum Gasteiger partial charge on any atom is 0.178 e. The van der Waals surface area contributed by atoms with Crippen molar-refractivity contribution in [2.24, 2.45) is 0 Å². The van der Waals surface area contributed by atoms with E-state index in [-0.39, 0.29) is 17.2 Å². The zero-order chi connectivity index (χ0) is 7.56. The van der Waals surface area contributed by atoms with Crippen LogP contribution in [-0.4, -0.2) is 10.2 Å². The van der Waals surface area contributed by atoms with Crippen LogP contribution in [0, 0.1) is 0 Å². The Bertz CT molecular complexity index is 236. The summed E-state index contributed by atoms with van der Waals surface area (Å²) in [5.74, 6) is 0.0859. The monoisotopic (exact) mass is 158 g/mol. The second-order valence-corrected chi connectivity index (χ2v) is 1.93. The van der Waals surface area contributed by atoms with E-state index in [0.29, 0.717) is 0 Å². The van der Waals surface area contributed by atoms with Gasteiger partial charge < -0.3 is 14.4 Å². The molecule has 0 aliphatic heterocycles. The van der Waals surface area contributed by atoms with Gasteiger partial charge in [0.2, 0.25) is 0 Å². The molecule has 0 aromatic heterocycles. The fourth-order valence-corrected chi connectivity index (χ4v) is 0.737. The molecule has 0 atom stereocenters. The number of thiol groups is 1. The number of aromatic hydroxyl groups is 2. The molecule has 0 radical (unpaired) electrons. The molecule has 1 aromatic carbocycles. The number of rotatable bonds is 1. The van der Waals surface area contributed by atoms with Gasteiger partial charge in [-0.1, -0.05) is 0 Å². The van der Waals surface area contributed by atoms with Crippen LogP contribution in [0.2, 0.25) is 0 Å². The Hall–Kier alpha value is -1.03. The highest BCUT2D eigenvalue weighted by molar-refractivity contribution is 7.75. The van der Waals surface area contributed by atoms with Crippen LogP contribution in [0.15, 0.2) is 18.2 Å². The van der Waals surface area contributed by atoms with Crippen LogP contribution in [0.1, 0.15) is 0 Å². The quantitative estimate of drug-likeness (QED) is 0.426. The van der Waals surface area contributed by atoms with Crippen molar-refractivity contribution in [2.45, 2.75) is 0 Å². The second kappa shape index (κ2) is 2.70. The molecule has 1 aromatic rings.